The van der Waals surface area contributed by atoms with Crippen molar-refractivity contribution in [1.82, 2.24) is 24.5 Å². The standard InChI is InChI=1S/C22H21FN6O/c1-15(30)27-7-9-28(10-8-27)22-5-4-21-25-14-18(29(21)26-22)12-17-11-16-3-2-6-24-20(16)13-19(17)23/h2-6,11,13-14H,7-10,12H2,1H3. The topological polar surface area (TPSA) is 66.6 Å². The minimum Gasteiger partial charge on any atom is -0.352 e. The van der Waals surface area contributed by atoms with Gasteiger partial charge >= 0.3 is 0 Å². The van der Waals surface area contributed by atoms with E-state index in [0.29, 0.717) is 30.6 Å². The summed E-state index contributed by atoms with van der Waals surface area (Å²) in [6.45, 7) is 4.42. The molecule has 0 atom stereocenters. The number of hydrogen-bond donors (Lipinski definition) is 0. The Labute approximate surface area is 172 Å². The van der Waals surface area contributed by atoms with Crippen LogP contribution in [0.3, 0.4) is 0 Å². The molecule has 1 aliphatic rings. The first-order valence-corrected chi connectivity index (χ1v) is 9.96. The minimum atomic E-state index is -0.285. The number of halogens is 1. The highest BCUT2D eigenvalue weighted by Gasteiger charge is 2.20. The lowest BCUT2D eigenvalue weighted by atomic mass is 10.1. The Balaban J connectivity index is 1.44. The maximum Gasteiger partial charge on any atom is 0.219 e. The van der Waals surface area contributed by atoms with Gasteiger partial charge in [0.05, 0.1) is 17.4 Å². The third-order valence-electron chi connectivity index (χ3n) is 5.61. The highest BCUT2D eigenvalue weighted by atomic mass is 19.1. The van der Waals surface area contributed by atoms with Crippen molar-refractivity contribution in [3.05, 3.63) is 65.9 Å². The number of benzene rings is 1. The monoisotopic (exact) mass is 404 g/mol. The van der Waals surface area contributed by atoms with Crippen molar-refractivity contribution in [2.75, 3.05) is 31.1 Å². The van der Waals surface area contributed by atoms with E-state index in [4.69, 9.17) is 5.10 Å². The lowest BCUT2D eigenvalue weighted by Gasteiger charge is -2.34. The fraction of sp³-hybridized carbons (Fsp3) is 0.273. The average molecular weight is 404 g/mol. The predicted octanol–water partition coefficient (Wildman–Crippen LogP) is 2.68. The van der Waals surface area contributed by atoms with E-state index < -0.39 is 0 Å². The van der Waals surface area contributed by atoms with Crippen molar-refractivity contribution < 1.29 is 9.18 Å². The van der Waals surface area contributed by atoms with Crippen LogP contribution in [-0.2, 0) is 11.2 Å². The molecule has 1 aromatic carbocycles. The Morgan fingerprint density at radius 1 is 1.10 bits per heavy atom. The molecule has 1 fully saturated rings. The summed E-state index contributed by atoms with van der Waals surface area (Å²) in [7, 11) is 0. The molecule has 0 N–H and O–H groups in total. The molecule has 0 aliphatic carbocycles. The molecule has 1 aliphatic heterocycles. The van der Waals surface area contributed by atoms with Gasteiger partial charge in [-0.3, -0.25) is 9.78 Å². The molecule has 1 amide bonds. The number of fused-ring (bicyclic) bond motifs is 2. The molecule has 0 saturated carbocycles. The summed E-state index contributed by atoms with van der Waals surface area (Å²) in [5.74, 6) is 0.642. The van der Waals surface area contributed by atoms with E-state index in [-0.39, 0.29) is 11.7 Å². The third-order valence-corrected chi connectivity index (χ3v) is 5.61. The number of rotatable bonds is 3. The molecule has 0 unspecified atom stereocenters. The van der Waals surface area contributed by atoms with Crippen LogP contribution in [0.15, 0.2) is 48.8 Å². The Hall–Kier alpha value is -3.55. The van der Waals surface area contributed by atoms with E-state index in [9.17, 15) is 9.18 Å². The lowest BCUT2D eigenvalue weighted by Crippen LogP contribution is -2.48. The normalized spacial score (nSPS) is 14.6. The number of nitrogens with zero attached hydrogens (tertiary/aromatic N) is 6. The van der Waals surface area contributed by atoms with Crippen LogP contribution < -0.4 is 4.90 Å². The van der Waals surface area contributed by atoms with Crippen LogP contribution in [0.5, 0.6) is 0 Å². The van der Waals surface area contributed by atoms with Gasteiger partial charge in [-0.2, -0.15) is 0 Å². The molecule has 8 heteroatoms. The Bertz CT molecular complexity index is 1250. The Morgan fingerprint density at radius 2 is 1.93 bits per heavy atom. The van der Waals surface area contributed by atoms with Crippen molar-refractivity contribution in [3.63, 3.8) is 0 Å². The molecule has 0 spiro atoms. The van der Waals surface area contributed by atoms with Crippen LogP contribution in [0.25, 0.3) is 16.6 Å². The van der Waals surface area contributed by atoms with Gasteiger partial charge in [-0.1, -0.05) is 6.07 Å². The van der Waals surface area contributed by atoms with Gasteiger partial charge in [0.15, 0.2) is 5.65 Å². The van der Waals surface area contributed by atoms with E-state index in [1.54, 1.807) is 23.8 Å². The summed E-state index contributed by atoms with van der Waals surface area (Å²) in [5, 5.41) is 5.66. The van der Waals surface area contributed by atoms with E-state index in [0.717, 1.165) is 35.6 Å². The summed E-state index contributed by atoms with van der Waals surface area (Å²) in [6, 6.07) is 10.9. The third kappa shape index (κ3) is 3.34. The molecular weight excluding hydrogens is 383 g/mol. The summed E-state index contributed by atoms with van der Waals surface area (Å²) < 4.78 is 16.4. The van der Waals surface area contributed by atoms with Gasteiger partial charge in [0, 0.05) is 57.2 Å². The second kappa shape index (κ2) is 7.37. The summed E-state index contributed by atoms with van der Waals surface area (Å²) in [5.41, 5.74) is 2.76. The lowest BCUT2D eigenvalue weighted by molar-refractivity contribution is -0.129. The van der Waals surface area contributed by atoms with Crippen molar-refractivity contribution in [2.45, 2.75) is 13.3 Å². The molecule has 5 rings (SSSR count). The largest absolute Gasteiger partial charge is 0.352 e. The Kier molecular flexibility index (Phi) is 4.54. The molecule has 30 heavy (non-hydrogen) atoms. The smallest absolute Gasteiger partial charge is 0.219 e. The number of piperazine rings is 1. The van der Waals surface area contributed by atoms with Gasteiger partial charge in [-0.15, -0.1) is 5.10 Å². The number of anilines is 1. The highest BCUT2D eigenvalue weighted by Crippen LogP contribution is 2.21. The van der Waals surface area contributed by atoms with Crippen LogP contribution in [0.2, 0.25) is 0 Å². The van der Waals surface area contributed by atoms with Crippen LogP contribution in [0.1, 0.15) is 18.2 Å². The molecule has 3 aromatic heterocycles. The zero-order valence-corrected chi connectivity index (χ0v) is 16.6. The van der Waals surface area contributed by atoms with Gasteiger partial charge in [0.25, 0.3) is 0 Å². The fourth-order valence-corrected chi connectivity index (χ4v) is 3.92. The summed E-state index contributed by atoms with van der Waals surface area (Å²) in [4.78, 5) is 24.2. The van der Waals surface area contributed by atoms with Crippen molar-refractivity contribution in [1.29, 1.82) is 0 Å². The zero-order chi connectivity index (χ0) is 20.7. The maximum atomic E-state index is 14.7. The molecular formula is C22H21FN6O. The van der Waals surface area contributed by atoms with Gasteiger partial charge in [-0.25, -0.2) is 13.9 Å². The van der Waals surface area contributed by atoms with Crippen molar-refractivity contribution >= 4 is 28.3 Å². The number of carbonyl (C=O) groups excluding carboxylic acids is 1. The van der Waals surface area contributed by atoms with Gasteiger partial charge in [-0.05, 0) is 29.8 Å². The highest BCUT2D eigenvalue weighted by molar-refractivity contribution is 5.79. The molecule has 1 saturated heterocycles. The molecule has 0 bridgehead atoms. The van der Waals surface area contributed by atoms with Gasteiger partial charge < -0.3 is 9.80 Å². The first-order valence-electron chi connectivity index (χ1n) is 9.96. The number of aromatic nitrogens is 4. The maximum absolute atomic E-state index is 14.7. The molecule has 4 aromatic rings. The quantitative estimate of drug-likeness (QED) is 0.525. The number of pyridine rings is 1. The number of amides is 1. The number of hydrogen-bond acceptors (Lipinski definition) is 5. The van der Waals surface area contributed by atoms with Gasteiger partial charge in [0.2, 0.25) is 5.91 Å². The van der Waals surface area contributed by atoms with E-state index in [1.165, 1.54) is 6.07 Å². The first-order chi connectivity index (χ1) is 14.6. The van der Waals surface area contributed by atoms with Crippen molar-refractivity contribution in [2.24, 2.45) is 0 Å². The number of imidazole rings is 1. The zero-order valence-electron chi connectivity index (χ0n) is 16.6. The summed E-state index contributed by atoms with van der Waals surface area (Å²) in [6.07, 6.45) is 3.78. The second-order valence-corrected chi connectivity index (χ2v) is 7.52. The number of carbonyl (C=O) groups is 1. The van der Waals surface area contributed by atoms with E-state index in [2.05, 4.69) is 14.9 Å². The van der Waals surface area contributed by atoms with Crippen LogP contribution >= 0.6 is 0 Å². The van der Waals surface area contributed by atoms with Crippen LogP contribution in [0, 0.1) is 5.82 Å². The van der Waals surface area contributed by atoms with E-state index >= 15 is 0 Å². The van der Waals surface area contributed by atoms with Crippen molar-refractivity contribution in [3.8, 4) is 0 Å². The Morgan fingerprint density at radius 3 is 2.73 bits per heavy atom. The first kappa shape index (κ1) is 18.5. The predicted molar refractivity (Wildman–Crippen MR) is 112 cm³/mol. The SMILES string of the molecule is CC(=O)N1CCN(c2ccc3ncc(Cc4cc5cccnc5cc4F)n3n2)CC1. The molecule has 152 valence electrons. The average Bonchev–Trinajstić information content (AvgIpc) is 3.16. The van der Waals surface area contributed by atoms with Gasteiger partial charge in [0.1, 0.15) is 11.6 Å². The van der Waals surface area contributed by atoms with E-state index in [1.807, 2.05) is 35.2 Å². The van der Waals surface area contributed by atoms with Crippen LogP contribution in [0.4, 0.5) is 10.2 Å². The molecule has 4 heterocycles. The molecule has 7 nitrogen and oxygen atoms in total. The fourth-order valence-electron chi connectivity index (χ4n) is 3.92. The second-order valence-electron chi connectivity index (χ2n) is 7.52. The van der Waals surface area contributed by atoms with Crippen LogP contribution in [-0.4, -0.2) is 56.6 Å². The molecule has 0 radical (unpaired) electrons. The minimum absolute atomic E-state index is 0.0996. The summed E-state index contributed by atoms with van der Waals surface area (Å²) >= 11 is 0.